The third-order valence-electron chi connectivity index (χ3n) is 5.85. The number of benzene rings is 1. The maximum absolute atomic E-state index is 13.9. The van der Waals surface area contributed by atoms with Gasteiger partial charge in [0.05, 0.1) is 36.0 Å². The summed E-state index contributed by atoms with van der Waals surface area (Å²) in [5.74, 6) is -0.941. The lowest BCUT2D eigenvalue weighted by molar-refractivity contribution is -0.122. The van der Waals surface area contributed by atoms with E-state index in [1.54, 1.807) is 19.1 Å². The average molecular weight is 526 g/mol. The molecule has 10 heteroatoms. The van der Waals surface area contributed by atoms with Crippen molar-refractivity contribution in [2.75, 3.05) is 20.8 Å². The van der Waals surface area contributed by atoms with E-state index in [-0.39, 0.29) is 58.5 Å². The van der Waals surface area contributed by atoms with Crippen LogP contribution in [0.25, 0.3) is 11.1 Å². The molecule has 1 unspecified atom stereocenters. The Balaban J connectivity index is 2.02. The molecule has 37 heavy (non-hydrogen) atoms. The quantitative estimate of drug-likeness (QED) is 0.337. The Kier molecular flexibility index (Phi) is 9.28. The zero-order valence-electron chi connectivity index (χ0n) is 20.6. The van der Waals surface area contributed by atoms with E-state index >= 15 is 0 Å². The van der Waals surface area contributed by atoms with Crippen molar-refractivity contribution in [1.29, 1.82) is 5.26 Å². The molecule has 0 aliphatic carbocycles. The van der Waals surface area contributed by atoms with Crippen LogP contribution in [0.4, 0.5) is 4.39 Å². The fraction of sp³-hybridized carbons (Fsp3) is 0.296. The maximum Gasteiger partial charge on any atom is 0.252 e. The summed E-state index contributed by atoms with van der Waals surface area (Å²) < 4.78 is 25.8. The van der Waals surface area contributed by atoms with Gasteiger partial charge in [0.1, 0.15) is 17.3 Å². The highest BCUT2D eigenvalue weighted by molar-refractivity contribution is 6.31. The molecule has 0 aliphatic heterocycles. The van der Waals surface area contributed by atoms with Crippen LogP contribution in [-0.2, 0) is 16.0 Å². The minimum absolute atomic E-state index is 0.0232. The molecule has 0 radical (unpaired) electrons. The van der Waals surface area contributed by atoms with Crippen LogP contribution in [0.5, 0.6) is 5.75 Å². The van der Waals surface area contributed by atoms with Crippen LogP contribution in [0.15, 0.2) is 47.5 Å². The van der Waals surface area contributed by atoms with Crippen molar-refractivity contribution in [3.05, 3.63) is 80.7 Å². The van der Waals surface area contributed by atoms with Crippen LogP contribution in [0.1, 0.15) is 47.4 Å². The fourth-order valence-corrected chi connectivity index (χ4v) is 4.05. The molecule has 1 atom stereocenters. The Bertz CT molecular complexity index is 1410. The number of carbonyl (C=O) groups is 2. The molecule has 0 saturated carbocycles. The van der Waals surface area contributed by atoms with Crippen molar-refractivity contribution in [2.24, 2.45) is 0 Å². The zero-order valence-corrected chi connectivity index (χ0v) is 21.3. The fourth-order valence-electron chi connectivity index (χ4n) is 3.89. The molecule has 1 aromatic carbocycles. The van der Waals surface area contributed by atoms with Gasteiger partial charge in [-0.15, -0.1) is 0 Å². The molecule has 0 amide bonds. The molecule has 0 N–H and O–H groups in total. The number of ketones is 2. The lowest BCUT2D eigenvalue weighted by atomic mass is 9.99. The minimum Gasteiger partial charge on any atom is -0.495 e. The molecule has 0 aliphatic rings. The van der Waals surface area contributed by atoms with Gasteiger partial charge in [-0.3, -0.25) is 19.4 Å². The number of hydrogen-bond acceptors (Lipinski definition) is 7. The minimum atomic E-state index is -0.889. The molecule has 3 rings (SSSR count). The van der Waals surface area contributed by atoms with E-state index in [4.69, 9.17) is 21.1 Å². The monoisotopic (exact) mass is 525 g/mol. The summed E-state index contributed by atoms with van der Waals surface area (Å²) in [5.41, 5.74) is 0.821. The topological polar surface area (TPSA) is 111 Å². The maximum atomic E-state index is 13.9. The summed E-state index contributed by atoms with van der Waals surface area (Å²) in [7, 11) is 2.87. The van der Waals surface area contributed by atoms with Gasteiger partial charge in [-0.25, -0.2) is 4.39 Å². The van der Waals surface area contributed by atoms with Crippen LogP contribution in [0.2, 0.25) is 5.02 Å². The van der Waals surface area contributed by atoms with Crippen molar-refractivity contribution in [3.63, 3.8) is 0 Å². The van der Waals surface area contributed by atoms with Gasteiger partial charge >= 0.3 is 0 Å². The van der Waals surface area contributed by atoms with Crippen molar-refractivity contribution >= 4 is 23.2 Å². The normalized spacial score (nSPS) is 11.6. The highest BCUT2D eigenvalue weighted by atomic mass is 35.5. The molecule has 192 valence electrons. The van der Waals surface area contributed by atoms with Gasteiger partial charge < -0.3 is 14.0 Å². The van der Waals surface area contributed by atoms with E-state index in [1.807, 2.05) is 6.07 Å². The molecule has 2 aromatic heterocycles. The number of hydrogen-bond donors (Lipinski definition) is 0. The molecular formula is C27H25ClFN3O5. The van der Waals surface area contributed by atoms with Crippen molar-refractivity contribution in [3.8, 4) is 22.9 Å². The van der Waals surface area contributed by atoms with Gasteiger partial charge in [-0.05, 0) is 30.2 Å². The second kappa shape index (κ2) is 12.4. The molecule has 3 aromatic rings. The van der Waals surface area contributed by atoms with Crippen LogP contribution in [0.3, 0.4) is 0 Å². The second-order valence-electron chi connectivity index (χ2n) is 8.19. The summed E-state index contributed by atoms with van der Waals surface area (Å²) in [6.07, 6.45) is 3.37. The molecular weight excluding hydrogens is 501 g/mol. The zero-order chi connectivity index (χ0) is 27.1. The summed E-state index contributed by atoms with van der Waals surface area (Å²) in [6.45, 7) is 1.95. The highest BCUT2D eigenvalue weighted by Gasteiger charge is 2.24. The van der Waals surface area contributed by atoms with Gasteiger partial charge in [0.25, 0.3) is 5.56 Å². The van der Waals surface area contributed by atoms with E-state index in [0.717, 1.165) is 6.07 Å². The Morgan fingerprint density at radius 1 is 1.22 bits per heavy atom. The average Bonchev–Trinajstić information content (AvgIpc) is 2.90. The highest BCUT2D eigenvalue weighted by Crippen LogP contribution is 2.34. The predicted molar refractivity (Wildman–Crippen MR) is 135 cm³/mol. The Morgan fingerprint density at radius 3 is 2.57 bits per heavy atom. The van der Waals surface area contributed by atoms with E-state index < -0.39 is 17.4 Å². The van der Waals surface area contributed by atoms with Crippen LogP contribution in [0, 0.1) is 17.1 Å². The number of aromatic nitrogens is 2. The Labute approximate surface area is 218 Å². The number of pyridine rings is 2. The van der Waals surface area contributed by atoms with Gasteiger partial charge in [-0.2, -0.15) is 5.26 Å². The molecule has 8 nitrogen and oxygen atoms in total. The van der Waals surface area contributed by atoms with Crippen molar-refractivity contribution in [1.82, 2.24) is 9.55 Å². The standard InChI is InChI=1S/C27H25ClFN3O5/c1-4-24(33)22-6-5-16(14-31-22)9-25(34)23(7-8-36-2)32-15-26(37-3)19(12-27(32)35)18-11-20(28)21(29)10-17(18)13-30/h5-6,10-12,14-15,23H,4,7-9H2,1-3H3. The van der Waals surface area contributed by atoms with E-state index in [1.165, 1.54) is 43.3 Å². The van der Waals surface area contributed by atoms with Crippen LogP contribution in [-0.4, -0.2) is 41.9 Å². The molecule has 0 bridgehead atoms. The molecule has 2 heterocycles. The number of nitriles is 1. The summed E-state index contributed by atoms with van der Waals surface area (Å²) >= 11 is 5.93. The first-order valence-electron chi connectivity index (χ1n) is 11.4. The summed E-state index contributed by atoms with van der Waals surface area (Å²) in [5, 5.41) is 9.26. The number of halogens is 2. The second-order valence-corrected chi connectivity index (χ2v) is 8.60. The van der Waals surface area contributed by atoms with Gasteiger partial charge in [0, 0.05) is 49.9 Å². The molecule has 0 fully saturated rings. The lowest BCUT2D eigenvalue weighted by Crippen LogP contribution is -2.31. The van der Waals surface area contributed by atoms with Gasteiger partial charge in [0.2, 0.25) is 0 Å². The van der Waals surface area contributed by atoms with Crippen LogP contribution < -0.4 is 10.3 Å². The Morgan fingerprint density at radius 2 is 1.97 bits per heavy atom. The smallest absolute Gasteiger partial charge is 0.252 e. The Hall–Kier alpha value is -3.87. The molecule has 0 saturated heterocycles. The van der Waals surface area contributed by atoms with E-state index in [9.17, 15) is 24.0 Å². The van der Waals surface area contributed by atoms with Crippen LogP contribution >= 0.6 is 11.6 Å². The predicted octanol–water partition coefficient (Wildman–Crippen LogP) is 4.57. The van der Waals surface area contributed by atoms with Crippen molar-refractivity contribution < 1.29 is 23.5 Å². The lowest BCUT2D eigenvalue weighted by Gasteiger charge is -2.21. The number of rotatable bonds is 11. The largest absolute Gasteiger partial charge is 0.495 e. The van der Waals surface area contributed by atoms with Crippen molar-refractivity contribution in [2.45, 2.75) is 32.2 Å². The number of carbonyl (C=O) groups excluding carboxylic acids is 2. The summed E-state index contributed by atoms with van der Waals surface area (Å²) in [6, 6.07) is 7.71. The molecule has 0 spiro atoms. The summed E-state index contributed by atoms with van der Waals surface area (Å²) in [4.78, 5) is 42.5. The van der Waals surface area contributed by atoms with E-state index in [0.29, 0.717) is 17.7 Å². The first-order valence-corrected chi connectivity index (χ1v) is 11.8. The first-order chi connectivity index (χ1) is 17.7. The number of nitrogens with zero attached hydrogens (tertiary/aromatic N) is 3. The number of ether oxygens (including phenoxy) is 2. The van der Waals surface area contributed by atoms with Gasteiger partial charge in [-0.1, -0.05) is 24.6 Å². The van der Waals surface area contributed by atoms with Gasteiger partial charge in [0.15, 0.2) is 11.6 Å². The third kappa shape index (κ3) is 6.28. The van der Waals surface area contributed by atoms with E-state index in [2.05, 4.69) is 4.98 Å². The third-order valence-corrected chi connectivity index (χ3v) is 6.14. The SMILES string of the molecule is CCC(=O)c1ccc(CC(=O)C(CCOC)n2cc(OC)c(-c3cc(Cl)c(F)cc3C#N)cc2=O)cn1. The first kappa shape index (κ1) is 27.7. The number of methoxy groups -OCH3 is 2. The number of Topliss-reactive ketones (excluding diaryl/α,β-unsaturated/α-hetero) is 2.